The number of allylic oxidation sites excluding steroid dienone is 2. The molecule has 0 aromatic heterocycles. The van der Waals surface area contributed by atoms with E-state index in [1.165, 1.54) is 6.21 Å². The van der Waals surface area contributed by atoms with Gasteiger partial charge in [0.1, 0.15) is 6.61 Å². The second-order valence-corrected chi connectivity index (χ2v) is 10.4. The highest BCUT2D eigenvalue weighted by Gasteiger charge is 2.67. The summed E-state index contributed by atoms with van der Waals surface area (Å²) < 4.78 is 11.7. The van der Waals surface area contributed by atoms with E-state index in [-0.39, 0.29) is 42.1 Å². The monoisotopic (exact) mass is 510 g/mol. The minimum atomic E-state index is -0.257. The van der Waals surface area contributed by atoms with Gasteiger partial charge in [-0.25, -0.2) is 0 Å². The second-order valence-electron chi connectivity index (χ2n) is 9.55. The predicted molar refractivity (Wildman–Crippen MR) is 133 cm³/mol. The van der Waals surface area contributed by atoms with Crippen molar-refractivity contribution in [2.75, 3.05) is 6.61 Å². The summed E-state index contributed by atoms with van der Waals surface area (Å²) in [5.74, 6) is 1.72. The zero-order valence-electron chi connectivity index (χ0n) is 19.1. The van der Waals surface area contributed by atoms with Crippen LogP contribution in [0.2, 0.25) is 10.0 Å². The summed E-state index contributed by atoms with van der Waals surface area (Å²) >= 11 is 12.2. The van der Waals surface area contributed by atoms with E-state index in [0.717, 1.165) is 17.0 Å². The number of nitrogens with zero attached hydrogens (tertiary/aromatic N) is 2. The van der Waals surface area contributed by atoms with Crippen molar-refractivity contribution in [1.82, 2.24) is 5.01 Å². The third-order valence-electron chi connectivity index (χ3n) is 7.63. The molecule has 6 atom stereocenters. The number of hydrazone groups is 1. The molecular formula is C27H24Cl2N2O4. The van der Waals surface area contributed by atoms with Crippen LogP contribution in [0, 0.1) is 35.5 Å². The molecule has 2 bridgehead atoms. The molecule has 2 amide bonds. The Balaban J connectivity index is 1.19. The molecule has 2 aromatic carbocycles. The van der Waals surface area contributed by atoms with E-state index in [1.54, 1.807) is 24.3 Å². The van der Waals surface area contributed by atoms with E-state index >= 15 is 0 Å². The van der Waals surface area contributed by atoms with Gasteiger partial charge in [-0.1, -0.05) is 41.4 Å². The van der Waals surface area contributed by atoms with Gasteiger partial charge in [0.2, 0.25) is 0 Å². The first-order valence-corrected chi connectivity index (χ1v) is 12.7. The Morgan fingerprint density at radius 1 is 0.971 bits per heavy atom. The number of rotatable bonds is 7. The molecule has 1 heterocycles. The number of carbonyl (C=O) groups excluding carboxylic acids is 2. The molecule has 35 heavy (non-hydrogen) atoms. The molecule has 8 heteroatoms. The van der Waals surface area contributed by atoms with Gasteiger partial charge in [0.25, 0.3) is 11.8 Å². The first kappa shape index (κ1) is 22.6. The number of imide groups is 1. The van der Waals surface area contributed by atoms with Crippen molar-refractivity contribution in [1.29, 1.82) is 0 Å². The molecule has 0 spiro atoms. The smallest absolute Gasteiger partial charge is 0.254 e. The lowest BCUT2D eigenvalue weighted by Gasteiger charge is -2.37. The van der Waals surface area contributed by atoms with Crippen LogP contribution >= 0.6 is 23.2 Å². The van der Waals surface area contributed by atoms with E-state index in [0.29, 0.717) is 45.6 Å². The van der Waals surface area contributed by atoms with Crippen LogP contribution in [0.4, 0.5) is 0 Å². The van der Waals surface area contributed by atoms with Crippen LogP contribution in [0.3, 0.4) is 0 Å². The van der Waals surface area contributed by atoms with Gasteiger partial charge >= 0.3 is 0 Å². The molecule has 6 nitrogen and oxygen atoms in total. The Hall–Kier alpha value is -2.83. The third kappa shape index (κ3) is 3.83. The topological polar surface area (TPSA) is 68.2 Å². The standard InChI is InChI=1S/C27H24Cl2N2O4/c1-2-34-23-9-14(3-8-22(23)35-13-15-4-5-16(28)10-21(15)29)12-30-31-26(32)24-17-6-7-18(20-11-19(17)20)25(24)27(31)33/h3-10,12,17-20,24-25H,2,11,13H2,1H3/t17-,18-,19-,20-,24-,25+/m0/s1. The first-order chi connectivity index (χ1) is 17.0. The number of halogens is 2. The van der Waals surface area contributed by atoms with E-state index in [1.807, 2.05) is 19.1 Å². The molecule has 1 aliphatic heterocycles. The maximum atomic E-state index is 13.1. The van der Waals surface area contributed by atoms with E-state index in [9.17, 15) is 9.59 Å². The quantitative estimate of drug-likeness (QED) is 0.285. The second kappa shape index (κ2) is 8.68. The average molecular weight is 511 g/mol. The summed E-state index contributed by atoms with van der Waals surface area (Å²) in [7, 11) is 0. The van der Waals surface area contributed by atoms with Crippen molar-refractivity contribution in [3.05, 3.63) is 69.7 Å². The third-order valence-corrected chi connectivity index (χ3v) is 8.21. The van der Waals surface area contributed by atoms with Gasteiger partial charge in [0.15, 0.2) is 11.5 Å². The minimum Gasteiger partial charge on any atom is -0.490 e. The van der Waals surface area contributed by atoms with Crippen molar-refractivity contribution in [2.24, 2.45) is 40.6 Å². The van der Waals surface area contributed by atoms with Crippen LogP contribution in [0.15, 0.2) is 53.7 Å². The van der Waals surface area contributed by atoms with Crippen LogP contribution < -0.4 is 9.47 Å². The summed E-state index contributed by atoms with van der Waals surface area (Å²) in [6, 6.07) is 10.6. The lowest BCUT2D eigenvalue weighted by Crippen LogP contribution is -2.40. The lowest BCUT2D eigenvalue weighted by atomic mass is 9.63. The molecule has 0 radical (unpaired) electrons. The van der Waals surface area contributed by atoms with E-state index in [2.05, 4.69) is 17.3 Å². The number of amides is 2. The maximum Gasteiger partial charge on any atom is 0.254 e. The molecule has 0 unspecified atom stereocenters. The first-order valence-electron chi connectivity index (χ1n) is 11.9. The summed E-state index contributed by atoms with van der Waals surface area (Å²) in [6.07, 6.45) is 6.98. The van der Waals surface area contributed by atoms with Crippen molar-refractivity contribution in [2.45, 2.75) is 20.0 Å². The largest absolute Gasteiger partial charge is 0.490 e. The zero-order valence-corrected chi connectivity index (χ0v) is 20.6. The highest BCUT2D eigenvalue weighted by Crippen LogP contribution is 2.65. The zero-order chi connectivity index (χ0) is 24.3. The van der Waals surface area contributed by atoms with Gasteiger partial charge in [-0.05, 0) is 72.9 Å². The molecule has 7 rings (SSSR count). The van der Waals surface area contributed by atoms with Gasteiger partial charge in [0.05, 0.1) is 24.7 Å². The Morgan fingerprint density at radius 3 is 2.34 bits per heavy atom. The van der Waals surface area contributed by atoms with Crippen molar-refractivity contribution in [3.63, 3.8) is 0 Å². The fourth-order valence-electron chi connectivity index (χ4n) is 5.97. The Morgan fingerprint density at radius 2 is 1.69 bits per heavy atom. The van der Waals surface area contributed by atoms with Gasteiger partial charge < -0.3 is 9.47 Å². The molecule has 180 valence electrons. The predicted octanol–water partition coefficient (Wildman–Crippen LogP) is 5.36. The highest BCUT2D eigenvalue weighted by atomic mass is 35.5. The van der Waals surface area contributed by atoms with Crippen molar-refractivity contribution in [3.8, 4) is 11.5 Å². The van der Waals surface area contributed by atoms with Crippen LogP contribution in [-0.4, -0.2) is 29.6 Å². The highest BCUT2D eigenvalue weighted by molar-refractivity contribution is 6.35. The minimum absolute atomic E-state index is 0.175. The molecule has 0 N–H and O–H groups in total. The Bertz CT molecular complexity index is 1240. The SMILES string of the molecule is CCOc1cc(C=NN2C(=O)[C@@H]3[C@H]4C=C[C@@H]([C@@H]5C[C@@H]45)[C@@H]3C2=O)ccc1OCc1ccc(Cl)cc1Cl. The molecule has 2 saturated carbocycles. The fourth-order valence-corrected chi connectivity index (χ4v) is 6.43. The summed E-state index contributed by atoms with van der Waals surface area (Å²) in [5.41, 5.74) is 1.50. The van der Waals surface area contributed by atoms with Gasteiger partial charge in [-0.3, -0.25) is 9.59 Å². The average Bonchev–Trinajstić information content (AvgIpc) is 3.63. The van der Waals surface area contributed by atoms with Crippen molar-refractivity contribution >= 4 is 41.2 Å². The molecule has 3 fully saturated rings. The van der Waals surface area contributed by atoms with Gasteiger partial charge in [0, 0.05) is 15.6 Å². The molecule has 4 aliphatic carbocycles. The molecular weight excluding hydrogens is 487 g/mol. The van der Waals surface area contributed by atoms with Crippen LogP contribution in [0.5, 0.6) is 11.5 Å². The molecule has 2 aromatic rings. The number of hydrogen-bond acceptors (Lipinski definition) is 5. The van der Waals surface area contributed by atoms with Crippen LogP contribution in [-0.2, 0) is 16.2 Å². The normalized spacial score (nSPS) is 30.1. The number of hydrogen-bond donors (Lipinski definition) is 0. The molecule has 5 aliphatic rings. The summed E-state index contributed by atoms with van der Waals surface area (Å²) in [6.45, 7) is 2.58. The number of benzene rings is 2. The summed E-state index contributed by atoms with van der Waals surface area (Å²) in [4.78, 5) is 26.2. The van der Waals surface area contributed by atoms with E-state index < -0.39 is 0 Å². The van der Waals surface area contributed by atoms with Crippen LogP contribution in [0.25, 0.3) is 0 Å². The van der Waals surface area contributed by atoms with E-state index in [4.69, 9.17) is 32.7 Å². The number of carbonyl (C=O) groups is 2. The Kier molecular flexibility index (Phi) is 5.61. The summed E-state index contributed by atoms with van der Waals surface area (Å²) in [5, 5.41) is 6.49. The lowest BCUT2D eigenvalue weighted by molar-refractivity contribution is -0.140. The maximum absolute atomic E-state index is 13.1. The fraction of sp³-hybridized carbons (Fsp3) is 0.370. The van der Waals surface area contributed by atoms with Crippen LogP contribution in [0.1, 0.15) is 24.5 Å². The van der Waals surface area contributed by atoms with Gasteiger partial charge in [-0.2, -0.15) is 10.1 Å². The van der Waals surface area contributed by atoms with Gasteiger partial charge in [-0.15, -0.1) is 0 Å². The van der Waals surface area contributed by atoms with Crippen molar-refractivity contribution < 1.29 is 19.1 Å². The Labute approximate surface area is 213 Å². The number of ether oxygens (including phenoxy) is 2. The molecule has 1 saturated heterocycles.